The zero-order valence-corrected chi connectivity index (χ0v) is 10.2. The van der Waals surface area contributed by atoms with Crippen LogP contribution >= 0.6 is 0 Å². The van der Waals surface area contributed by atoms with Gasteiger partial charge in [-0.2, -0.15) is 0 Å². The molecule has 1 aromatic heterocycles. The van der Waals surface area contributed by atoms with Crippen molar-refractivity contribution in [1.29, 1.82) is 0 Å². The Morgan fingerprint density at radius 3 is 2.35 bits per heavy atom. The molecule has 2 rings (SSSR count). The molecule has 1 atom stereocenters. The lowest BCUT2D eigenvalue weighted by atomic mass is 10.1. The SMILES string of the molecule is CCC(Nc1ncc(C)cn1)c1ccccc1. The van der Waals surface area contributed by atoms with Crippen LogP contribution in [-0.4, -0.2) is 9.97 Å². The predicted octanol–water partition coefficient (Wildman–Crippen LogP) is 3.35. The lowest BCUT2D eigenvalue weighted by molar-refractivity contribution is 0.738. The Morgan fingerprint density at radius 1 is 1.12 bits per heavy atom. The molecule has 1 unspecified atom stereocenters. The quantitative estimate of drug-likeness (QED) is 0.870. The van der Waals surface area contributed by atoms with Crippen LogP contribution in [0.3, 0.4) is 0 Å². The second kappa shape index (κ2) is 5.43. The monoisotopic (exact) mass is 227 g/mol. The lowest BCUT2D eigenvalue weighted by Gasteiger charge is -2.17. The van der Waals surface area contributed by atoms with Crippen molar-refractivity contribution in [3.05, 3.63) is 53.9 Å². The van der Waals surface area contributed by atoms with Crippen molar-refractivity contribution < 1.29 is 0 Å². The summed E-state index contributed by atoms with van der Waals surface area (Å²) in [4.78, 5) is 8.54. The molecule has 0 amide bonds. The Morgan fingerprint density at radius 2 is 1.76 bits per heavy atom. The molecular weight excluding hydrogens is 210 g/mol. The Balaban J connectivity index is 2.13. The first-order chi connectivity index (χ1) is 8.29. The molecule has 1 N–H and O–H groups in total. The Hall–Kier alpha value is -1.90. The number of nitrogens with zero attached hydrogens (tertiary/aromatic N) is 2. The van der Waals surface area contributed by atoms with Gasteiger partial charge in [-0.25, -0.2) is 9.97 Å². The van der Waals surface area contributed by atoms with Gasteiger partial charge in [0, 0.05) is 12.4 Å². The highest BCUT2D eigenvalue weighted by molar-refractivity contribution is 5.31. The molecule has 0 saturated carbocycles. The largest absolute Gasteiger partial charge is 0.347 e. The van der Waals surface area contributed by atoms with Gasteiger partial charge in [0.2, 0.25) is 5.95 Å². The van der Waals surface area contributed by atoms with Crippen LogP contribution in [0.1, 0.15) is 30.5 Å². The standard InChI is InChI=1S/C14H17N3/c1-3-13(12-7-5-4-6-8-12)17-14-15-9-11(2)10-16-14/h4-10,13H,3H2,1-2H3,(H,15,16,17). The molecular formula is C14H17N3. The van der Waals surface area contributed by atoms with E-state index in [1.807, 2.05) is 25.4 Å². The molecule has 17 heavy (non-hydrogen) atoms. The van der Waals surface area contributed by atoms with Crippen molar-refractivity contribution in [1.82, 2.24) is 9.97 Å². The van der Waals surface area contributed by atoms with Crippen LogP contribution in [0, 0.1) is 6.92 Å². The fourth-order valence-corrected chi connectivity index (χ4v) is 1.73. The first kappa shape index (κ1) is 11.6. The predicted molar refractivity (Wildman–Crippen MR) is 69.9 cm³/mol. The highest BCUT2D eigenvalue weighted by atomic mass is 15.1. The van der Waals surface area contributed by atoms with E-state index in [1.54, 1.807) is 0 Å². The van der Waals surface area contributed by atoms with Crippen molar-refractivity contribution in [2.75, 3.05) is 5.32 Å². The van der Waals surface area contributed by atoms with Gasteiger partial charge in [-0.05, 0) is 24.5 Å². The summed E-state index contributed by atoms with van der Waals surface area (Å²) in [5.41, 5.74) is 2.34. The van der Waals surface area contributed by atoms with Gasteiger partial charge in [0.25, 0.3) is 0 Å². The third-order valence-corrected chi connectivity index (χ3v) is 2.69. The molecule has 0 spiro atoms. The summed E-state index contributed by atoms with van der Waals surface area (Å²) < 4.78 is 0. The minimum Gasteiger partial charge on any atom is -0.347 e. The molecule has 0 fully saturated rings. The van der Waals surface area contributed by atoms with E-state index in [-0.39, 0.29) is 6.04 Å². The average molecular weight is 227 g/mol. The molecule has 2 aromatic rings. The van der Waals surface area contributed by atoms with Crippen LogP contribution in [0.5, 0.6) is 0 Å². The number of benzene rings is 1. The van der Waals surface area contributed by atoms with Gasteiger partial charge in [0.1, 0.15) is 0 Å². The lowest BCUT2D eigenvalue weighted by Crippen LogP contribution is -2.11. The smallest absolute Gasteiger partial charge is 0.223 e. The molecule has 0 radical (unpaired) electrons. The number of hydrogen-bond donors (Lipinski definition) is 1. The minimum atomic E-state index is 0.263. The molecule has 88 valence electrons. The first-order valence-electron chi connectivity index (χ1n) is 5.89. The van der Waals surface area contributed by atoms with Crippen LogP contribution in [0.4, 0.5) is 5.95 Å². The topological polar surface area (TPSA) is 37.8 Å². The summed E-state index contributed by atoms with van der Waals surface area (Å²) in [6.45, 7) is 4.14. The van der Waals surface area contributed by atoms with E-state index in [4.69, 9.17) is 0 Å². The van der Waals surface area contributed by atoms with Crippen LogP contribution in [-0.2, 0) is 0 Å². The van der Waals surface area contributed by atoms with E-state index in [1.165, 1.54) is 5.56 Å². The number of nitrogens with one attached hydrogen (secondary N) is 1. The number of aryl methyl sites for hydroxylation is 1. The summed E-state index contributed by atoms with van der Waals surface area (Å²) in [6.07, 6.45) is 4.65. The van der Waals surface area contributed by atoms with E-state index in [0.717, 1.165) is 12.0 Å². The van der Waals surface area contributed by atoms with E-state index in [0.29, 0.717) is 5.95 Å². The number of anilines is 1. The summed E-state index contributed by atoms with van der Waals surface area (Å²) in [5.74, 6) is 0.686. The van der Waals surface area contributed by atoms with E-state index < -0.39 is 0 Å². The molecule has 3 nitrogen and oxygen atoms in total. The van der Waals surface area contributed by atoms with Gasteiger partial charge >= 0.3 is 0 Å². The number of rotatable bonds is 4. The van der Waals surface area contributed by atoms with E-state index >= 15 is 0 Å². The summed E-state index contributed by atoms with van der Waals surface area (Å²) in [5, 5.41) is 3.35. The fourth-order valence-electron chi connectivity index (χ4n) is 1.73. The van der Waals surface area contributed by atoms with Gasteiger partial charge in [0.05, 0.1) is 6.04 Å². The maximum Gasteiger partial charge on any atom is 0.223 e. The molecule has 3 heteroatoms. The Kier molecular flexibility index (Phi) is 3.70. The summed E-state index contributed by atoms with van der Waals surface area (Å²) >= 11 is 0. The maximum absolute atomic E-state index is 4.27. The van der Waals surface area contributed by atoms with Gasteiger partial charge in [-0.15, -0.1) is 0 Å². The number of aromatic nitrogens is 2. The molecule has 0 saturated heterocycles. The third kappa shape index (κ3) is 3.03. The van der Waals surface area contributed by atoms with Gasteiger partial charge in [-0.3, -0.25) is 0 Å². The number of hydrogen-bond acceptors (Lipinski definition) is 3. The first-order valence-corrected chi connectivity index (χ1v) is 5.89. The van der Waals surface area contributed by atoms with Gasteiger partial charge < -0.3 is 5.32 Å². The van der Waals surface area contributed by atoms with Crippen LogP contribution in [0.25, 0.3) is 0 Å². The van der Waals surface area contributed by atoms with E-state index in [9.17, 15) is 0 Å². The van der Waals surface area contributed by atoms with Crippen molar-refractivity contribution in [2.45, 2.75) is 26.3 Å². The second-order valence-electron chi connectivity index (χ2n) is 4.10. The molecule has 1 heterocycles. The summed E-state index contributed by atoms with van der Waals surface area (Å²) in [7, 11) is 0. The van der Waals surface area contributed by atoms with E-state index in [2.05, 4.69) is 46.5 Å². The Bertz CT molecular complexity index is 451. The van der Waals surface area contributed by atoms with Crippen LogP contribution in [0.2, 0.25) is 0 Å². The van der Waals surface area contributed by atoms with Gasteiger partial charge in [0.15, 0.2) is 0 Å². The minimum absolute atomic E-state index is 0.263. The highest BCUT2D eigenvalue weighted by Crippen LogP contribution is 2.19. The Labute approximate surface area is 102 Å². The third-order valence-electron chi connectivity index (χ3n) is 2.69. The molecule has 0 aliphatic rings. The van der Waals surface area contributed by atoms with Crippen molar-refractivity contribution in [3.63, 3.8) is 0 Å². The second-order valence-corrected chi connectivity index (χ2v) is 4.10. The molecule has 0 aliphatic carbocycles. The van der Waals surface area contributed by atoms with Crippen molar-refractivity contribution in [3.8, 4) is 0 Å². The van der Waals surface area contributed by atoms with Crippen LogP contribution < -0.4 is 5.32 Å². The fraction of sp³-hybridized carbons (Fsp3) is 0.286. The van der Waals surface area contributed by atoms with Crippen molar-refractivity contribution >= 4 is 5.95 Å². The molecule has 0 aliphatic heterocycles. The van der Waals surface area contributed by atoms with Crippen LogP contribution in [0.15, 0.2) is 42.7 Å². The maximum atomic E-state index is 4.27. The normalized spacial score (nSPS) is 12.1. The van der Waals surface area contributed by atoms with Gasteiger partial charge in [-0.1, -0.05) is 37.3 Å². The zero-order valence-electron chi connectivity index (χ0n) is 10.2. The highest BCUT2D eigenvalue weighted by Gasteiger charge is 2.09. The van der Waals surface area contributed by atoms with Crippen molar-refractivity contribution in [2.24, 2.45) is 0 Å². The zero-order chi connectivity index (χ0) is 12.1. The summed E-state index contributed by atoms with van der Waals surface area (Å²) in [6, 6.07) is 10.6. The molecule has 0 bridgehead atoms. The average Bonchev–Trinajstić information content (AvgIpc) is 2.39. The molecule has 1 aromatic carbocycles.